The molecule has 1 N–H and O–H groups in total. The van der Waals surface area contributed by atoms with E-state index in [9.17, 15) is 18.0 Å². The van der Waals surface area contributed by atoms with Gasteiger partial charge in [0.1, 0.15) is 11.5 Å². The molecule has 0 aliphatic carbocycles. The molecule has 3 heterocycles. The van der Waals surface area contributed by atoms with Crippen LogP contribution in [0.5, 0.6) is 0 Å². The molecule has 0 radical (unpaired) electrons. The third kappa shape index (κ3) is 3.62. The molecule has 0 atom stereocenters. The summed E-state index contributed by atoms with van der Waals surface area (Å²) in [6, 6.07) is 1.80. The molecule has 0 saturated heterocycles. The maximum Gasteiger partial charge on any atom is 0.433 e. The SMILES string of the molecule is Cc1nccn1-c1ncc(NC(=O)c2ccc(C(F)(F)F)nc2)cn1. The van der Waals surface area contributed by atoms with Gasteiger partial charge in [-0.05, 0) is 19.1 Å². The van der Waals surface area contributed by atoms with Crippen LogP contribution in [0.2, 0.25) is 0 Å². The molecule has 0 bridgehead atoms. The van der Waals surface area contributed by atoms with Gasteiger partial charge < -0.3 is 5.32 Å². The summed E-state index contributed by atoms with van der Waals surface area (Å²) in [5.41, 5.74) is -0.776. The number of alkyl halides is 3. The van der Waals surface area contributed by atoms with Crippen LogP contribution < -0.4 is 5.32 Å². The molecule has 3 aromatic rings. The van der Waals surface area contributed by atoms with Crippen LogP contribution in [0.4, 0.5) is 18.9 Å². The van der Waals surface area contributed by atoms with Crippen molar-refractivity contribution in [2.45, 2.75) is 13.1 Å². The number of nitrogens with zero attached hydrogens (tertiary/aromatic N) is 5. The van der Waals surface area contributed by atoms with E-state index >= 15 is 0 Å². The monoisotopic (exact) mass is 348 g/mol. The Hall–Kier alpha value is -3.30. The fraction of sp³-hybridized carbons (Fsp3) is 0.133. The minimum absolute atomic E-state index is 0.0115. The number of hydrogen-bond donors (Lipinski definition) is 1. The number of halogens is 3. The summed E-state index contributed by atoms with van der Waals surface area (Å²) < 4.78 is 39.1. The first-order chi connectivity index (χ1) is 11.8. The Morgan fingerprint density at radius 2 is 1.80 bits per heavy atom. The van der Waals surface area contributed by atoms with E-state index in [-0.39, 0.29) is 5.56 Å². The average Bonchev–Trinajstić information content (AvgIpc) is 3.01. The molecule has 0 aromatic carbocycles. The summed E-state index contributed by atoms with van der Waals surface area (Å²) in [6.07, 6.45) is 2.38. The van der Waals surface area contributed by atoms with E-state index in [2.05, 4.69) is 25.3 Å². The standard InChI is InChI=1S/C15H11F3N6O/c1-9-19-4-5-24(9)14-21-7-11(8-22-14)23-13(25)10-2-3-12(20-6-10)15(16,17)18/h2-8H,1H3,(H,23,25). The molecule has 0 unspecified atom stereocenters. The first-order valence-corrected chi connectivity index (χ1v) is 7.01. The number of hydrogen-bond acceptors (Lipinski definition) is 5. The number of rotatable bonds is 3. The van der Waals surface area contributed by atoms with E-state index in [0.29, 0.717) is 17.5 Å². The van der Waals surface area contributed by atoms with E-state index in [1.54, 1.807) is 23.9 Å². The van der Waals surface area contributed by atoms with Gasteiger partial charge in [0, 0.05) is 18.6 Å². The second kappa shape index (κ2) is 6.30. The molecule has 3 rings (SSSR count). The molecular formula is C15H11F3N6O. The second-order valence-corrected chi connectivity index (χ2v) is 5.00. The van der Waals surface area contributed by atoms with Gasteiger partial charge in [0.25, 0.3) is 5.91 Å². The number of nitrogens with one attached hydrogen (secondary N) is 1. The van der Waals surface area contributed by atoms with Crippen molar-refractivity contribution in [3.05, 3.63) is 60.2 Å². The summed E-state index contributed by atoms with van der Waals surface area (Å²) in [4.78, 5) is 27.6. The fourth-order valence-corrected chi connectivity index (χ4v) is 2.00. The van der Waals surface area contributed by atoms with Crippen LogP contribution in [0.1, 0.15) is 21.9 Å². The third-order valence-electron chi connectivity index (χ3n) is 3.25. The molecule has 10 heteroatoms. The number of anilines is 1. The zero-order chi connectivity index (χ0) is 18.0. The summed E-state index contributed by atoms with van der Waals surface area (Å²) in [5.74, 6) is 0.466. The molecule has 25 heavy (non-hydrogen) atoms. The van der Waals surface area contributed by atoms with E-state index in [0.717, 1.165) is 18.3 Å². The van der Waals surface area contributed by atoms with Gasteiger partial charge in [-0.3, -0.25) is 14.3 Å². The highest BCUT2D eigenvalue weighted by Gasteiger charge is 2.32. The summed E-state index contributed by atoms with van der Waals surface area (Å²) >= 11 is 0. The molecule has 128 valence electrons. The molecule has 3 aromatic heterocycles. The Labute approximate surface area is 139 Å². The van der Waals surface area contributed by atoms with Gasteiger partial charge >= 0.3 is 6.18 Å². The van der Waals surface area contributed by atoms with Gasteiger partial charge in [0.05, 0.1) is 23.6 Å². The minimum Gasteiger partial charge on any atom is -0.319 e. The summed E-state index contributed by atoms with van der Waals surface area (Å²) in [6.45, 7) is 1.79. The quantitative estimate of drug-likeness (QED) is 0.786. The van der Waals surface area contributed by atoms with Crippen molar-refractivity contribution in [1.82, 2.24) is 24.5 Å². The smallest absolute Gasteiger partial charge is 0.319 e. The number of aromatic nitrogens is 5. The minimum atomic E-state index is -4.55. The number of carbonyl (C=O) groups excluding carboxylic acids is 1. The number of amides is 1. The first kappa shape index (κ1) is 16.6. The lowest BCUT2D eigenvalue weighted by Crippen LogP contribution is -2.15. The van der Waals surface area contributed by atoms with Crippen molar-refractivity contribution in [2.75, 3.05) is 5.32 Å². The van der Waals surface area contributed by atoms with Gasteiger partial charge in [-0.1, -0.05) is 0 Å². The van der Waals surface area contributed by atoms with Crippen LogP contribution >= 0.6 is 0 Å². The molecular weight excluding hydrogens is 337 g/mol. The lowest BCUT2D eigenvalue weighted by Gasteiger charge is -2.08. The van der Waals surface area contributed by atoms with Gasteiger partial charge in [-0.25, -0.2) is 15.0 Å². The van der Waals surface area contributed by atoms with Crippen LogP contribution in [0, 0.1) is 6.92 Å². The van der Waals surface area contributed by atoms with Crippen LogP contribution in [-0.2, 0) is 6.18 Å². The van der Waals surface area contributed by atoms with E-state index in [4.69, 9.17) is 0 Å². The molecule has 0 saturated carbocycles. The highest BCUT2D eigenvalue weighted by Crippen LogP contribution is 2.27. The van der Waals surface area contributed by atoms with Gasteiger partial charge in [-0.15, -0.1) is 0 Å². The molecule has 0 fully saturated rings. The van der Waals surface area contributed by atoms with Crippen molar-refractivity contribution in [2.24, 2.45) is 0 Å². The molecule has 0 spiro atoms. The van der Waals surface area contributed by atoms with E-state index in [1.807, 2.05) is 0 Å². The lowest BCUT2D eigenvalue weighted by molar-refractivity contribution is -0.141. The van der Waals surface area contributed by atoms with Gasteiger partial charge in [0.2, 0.25) is 5.95 Å². The summed E-state index contributed by atoms with van der Waals surface area (Å²) in [7, 11) is 0. The number of carbonyl (C=O) groups is 1. The largest absolute Gasteiger partial charge is 0.433 e. The van der Waals surface area contributed by atoms with Crippen molar-refractivity contribution in [1.29, 1.82) is 0 Å². The Balaban J connectivity index is 1.72. The zero-order valence-electron chi connectivity index (χ0n) is 12.8. The Bertz CT molecular complexity index is 887. The first-order valence-electron chi connectivity index (χ1n) is 7.01. The maximum atomic E-state index is 12.5. The highest BCUT2D eigenvalue weighted by atomic mass is 19.4. The topological polar surface area (TPSA) is 85.6 Å². The lowest BCUT2D eigenvalue weighted by atomic mass is 10.2. The Morgan fingerprint density at radius 3 is 2.32 bits per heavy atom. The average molecular weight is 348 g/mol. The van der Waals surface area contributed by atoms with Crippen LogP contribution in [-0.4, -0.2) is 30.4 Å². The van der Waals surface area contributed by atoms with E-state index in [1.165, 1.54) is 12.4 Å². The van der Waals surface area contributed by atoms with Crippen LogP contribution in [0.15, 0.2) is 43.1 Å². The van der Waals surface area contributed by atoms with Crippen LogP contribution in [0.3, 0.4) is 0 Å². The Morgan fingerprint density at radius 1 is 1.08 bits per heavy atom. The molecule has 7 nitrogen and oxygen atoms in total. The number of imidazole rings is 1. The number of pyridine rings is 1. The van der Waals surface area contributed by atoms with Crippen LogP contribution in [0.25, 0.3) is 5.95 Å². The maximum absolute atomic E-state index is 12.5. The van der Waals surface area contributed by atoms with E-state index < -0.39 is 17.8 Å². The van der Waals surface area contributed by atoms with Crippen molar-refractivity contribution < 1.29 is 18.0 Å². The highest BCUT2D eigenvalue weighted by molar-refractivity contribution is 6.03. The van der Waals surface area contributed by atoms with Crippen molar-refractivity contribution in [3.63, 3.8) is 0 Å². The van der Waals surface area contributed by atoms with Gasteiger partial charge in [-0.2, -0.15) is 13.2 Å². The molecule has 0 aliphatic rings. The van der Waals surface area contributed by atoms with Crippen molar-refractivity contribution >= 4 is 11.6 Å². The van der Waals surface area contributed by atoms with Crippen molar-refractivity contribution in [3.8, 4) is 5.95 Å². The normalized spacial score (nSPS) is 11.4. The number of aryl methyl sites for hydroxylation is 1. The zero-order valence-corrected chi connectivity index (χ0v) is 12.8. The fourth-order valence-electron chi connectivity index (χ4n) is 2.00. The third-order valence-corrected chi connectivity index (χ3v) is 3.25. The molecule has 1 amide bonds. The van der Waals surface area contributed by atoms with Gasteiger partial charge in [0.15, 0.2) is 0 Å². The second-order valence-electron chi connectivity index (χ2n) is 5.00. The Kier molecular flexibility index (Phi) is 4.17. The summed E-state index contributed by atoms with van der Waals surface area (Å²) in [5, 5.41) is 2.49. The predicted molar refractivity (Wildman–Crippen MR) is 81.1 cm³/mol. The predicted octanol–water partition coefficient (Wildman–Crippen LogP) is 2.64. The molecule has 0 aliphatic heterocycles.